The third-order valence-electron chi connectivity index (χ3n) is 4.81. The van der Waals surface area contributed by atoms with Crippen molar-refractivity contribution in [3.63, 3.8) is 0 Å². The summed E-state index contributed by atoms with van der Waals surface area (Å²) in [5, 5.41) is 7.46. The fourth-order valence-electron chi connectivity index (χ4n) is 3.37. The predicted octanol–water partition coefficient (Wildman–Crippen LogP) is 4.15. The molecule has 0 aliphatic carbocycles. The summed E-state index contributed by atoms with van der Waals surface area (Å²) in [5.74, 6) is -0.124. The van der Waals surface area contributed by atoms with Crippen molar-refractivity contribution in [2.24, 2.45) is 5.92 Å². The van der Waals surface area contributed by atoms with Gasteiger partial charge in [0.25, 0.3) is 0 Å². The lowest BCUT2D eigenvalue weighted by Crippen LogP contribution is -2.36. The first-order chi connectivity index (χ1) is 12.5. The number of ether oxygens (including phenoxy) is 1. The van der Waals surface area contributed by atoms with E-state index >= 15 is 0 Å². The Bertz CT molecular complexity index is 779. The van der Waals surface area contributed by atoms with Gasteiger partial charge in [0.05, 0.1) is 12.2 Å². The van der Waals surface area contributed by atoms with E-state index < -0.39 is 11.6 Å². The molecule has 3 rings (SSSR count). The van der Waals surface area contributed by atoms with Gasteiger partial charge in [0.1, 0.15) is 23.1 Å². The van der Waals surface area contributed by atoms with Gasteiger partial charge in [0.15, 0.2) is 0 Å². The van der Waals surface area contributed by atoms with Crippen molar-refractivity contribution >= 4 is 17.6 Å². The number of rotatable bonds is 5. The van der Waals surface area contributed by atoms with Crippen molar-refractivity contribution in [1.82, 2.24) is 0 Å². The van der Waals surface area contributed by atoms with Gasteiger partial charge in [-0.2, -0.15) is 0 Å². The predicted molar refractivity (Wildman–Crippen MR) is 100 cm³/mol. The van der Waals surface area contributed by atoms with E-state index in [1.165, 1.54) is 18.3 Å². The second-order valence-corrected chi connectivity index (χ2v) is 6.72. The SMILES string of the molecule is Cc1cc(F)c(N2CCC(COc3cccc(N)c3C=N)CC2)c(F)c1. The van der Waals surface area contributed by atoms with E-state index in [-0.39, 0.29) is 5.69 Å². The van der Waals surface area contributed by atoms with Gasteiger partial charge in [-0.3, -0.25) is 0 Å². The molecule has 2 aromatic rings. The Labute approximate surface area is 152 Å². The number of hydrogen-bond acceptors (Lipinski definition) is 4. The first-order valence-corrected chi connectivity index (χ1v) is 8.72. The first kappa shape index (κ1) is 18.2. The number of nitrogen functional groups attached to an aromatic ring is 1. The van der Waals surface area contributed by atoms with Crippen LogP contribution in [0.3, 0.4) is 0 Å². The fraction of sp³-hybridized carbons (Fsp3) is 0.350. The number of piperidine rings is 1. The van der Waals surface area contributed by atoms with Crippen LogP contribution in [-0.2, 0) is 0 Å². The van der Waals surface area contributed by atoms with Crippen molar-refractivity contribution < 1.29 is 13.5 Å². The summed E-state index contributed by atoms with van der Waals surface area (Å²) in [4.78, 5) is 1.77. The van der Waals surface area contributed by atoms with Crippen molar-refractivity contribution in [3.05, 3.63) is 53.1 Å². The molecular weight excluding hydrogens is 336 g/mol. The fourth-order valence-corrected chi connectivity index (χ4v) is 3.37. The van der Waals surface area contributed by atoms with E-state index in [9.17, 15) is 8.78 Å². The Hall–Kier alpha value is -2.63. The zero-order valence-electron chi connectivity index (χ0n) is 14.8. The molecule has 0 amide bonds. The molecule has 0 spiro atoms. The lowest BCUT2D eigenvalue weighted by atomic mass is 9.97. The molecule has 0 atom stereocenters. The van der Waals surface area contributed by atoms with Crippen molar-refractivity contribution in [2.75, 3.05) is 30.3 Å². The molecule has 0 aromatic heterocycles. The Balaban J connectivity index is 1.60. The maximum atomic E-state index is 14.1. The molecule has 6 heteroatoms. The minimum absolute atomic E-state index is 0.0666. The molecule has 1 aliphatic rings. The van der Waals surface area contributed by atoms with Crippen LogP contribution in [0.1, 0.15) is 24.0 Å². The number of hydrogen-bond donors (Lipinski definition) is 2. The largest absolute Gasteiger partial charge is 0.493 e. The molecule has 4 nitrogen and oxygen atoms in total. The summed E-state index contributed by atoms with van der Waals surface area (Å²) in [6, 6.07) is 8.06. The average Bonchev–Trinajstić information content (AvgIpc) is 2.60. The third kappa shape index (κ3) is 3.79. The maximum absolute atomic E-state index is 14.1. The molecular formula is C20H23F2N3O. The van der Waals surface area contributed by atoms with Gasteiger partial charge in [0.2, 0.25) is 0 Å². The van der Waals surface area contributed by atoms with Crippen LogP contribution in [0.2, 0.25) is 0 Å². The number of nitrogens with one attached hydrogen (secondary N) is 1. The quantitative estimate of drug-likeness (QED) is 0.623. The number of nitrogens with two attached hydrogens (primary N) is 1. The van der Waals surface area contributed by atoms with Gasteiger partial charge in [-0.1, -0.05) is 6.07 Å². The normalized spacial score (nSPS) is 15.1. The Kier molecular flexibility index (Phi) is 5.40. The lowest BCUT2D eigenvalue weighted by molar-refractivity contribution is 0.222. The molecule has 0 saturated carbocycles. The van der Waals surface area contributed by atoms with Gasteiger partial charge >= 0.3 is 0 Å². The average molecular weight is 359 g/mol. The monoisotopic (exact) mass is 359 g/mol. The number of aryl methyl sites for hydroxylation is 1. The van der Waals surface area contributed by atoms with E-state index in [0.717, 1.165) is 12.8 Å². The summed E-state index contributed by atoms with van der Waals surface area (Å²) in [7, 11) is 0. The first-order valence-electron chi connectivity index (χ1n) is 8.72. The topological polar surface area (TPSA) is 62.3 Å². The van der Waals surface area contributed by atoms with Crippen LogP contribution in [0.5, 0.6) is 5.75 Å². The van der Waals surface area contributed by atoms with Crippen LogP contribution in [0.25, 0.3) is 0 Å². The zero-order chi connectivity index (χ0) is 18.7. The molecule has 0 radical (unpaired) electrons. The van der Waals surface area contributed by atoms with E-state index in [1.54, 1.807) is 30.0 Å². The molecule has 0 bridgehead atoms. The third-order valence-corrected chi connectivity index (χ3v) is 4.81. The summed E-state index contributed by atoms with van der Waals surface area (Å²) >= 11 is 0. The highest BCUT2D eigenvalue weighted by Crippen LogP contribution is 2.30. The van der Waals surface area contributed by atoms with Crippen LogP contribution in [0, 0.1) is 29.9 Å². The standard InChI is InChI=1S/C20H23F2N3O/c1-13-9-16(21)20(17(22)10-13)25-7-5-14(6-8-25)12-26-19-4-2-3-18(24)15(19)11-23/h2-4,9-11,14,23H,5-8,12,24H2,1H3. The number of anilines is 2. The minimum atomic E-state index is -0.507. The molecule has 2 aromatic carbocycles. The number of benzene rings is 2. The Morgan fingerprint density at radius 3 is 2.50 bits per heavy atom. The van der Waals surface area contributed by atoms with Crippen molar-refractivity contribution in [1.29, 1.82) is 5.41 Å². The van der Waals surface area contributed by atoms with E-state index in [4.69, 9.17) is 15.9 Å². The van der Waals surface area contributed by atoms with E-state index in [0.29, 0.717) is 48.2 Å². The molecule has 26 heavy (non-hydrogen) atoms. The van der Waals surface area contributed by atoms with Crippen molar-refractivity contribution in [3.8, 4) is 5.75 Å². The van der Waals surface area contributed by atoms with Crippen LogP contribution in [0.4, 0.5) is 20.2 Å². The molecule has 1 saturated heterocycles. The number of halogens is 2. The van der Waals surface area contributed by atoms with Crippen LogP contribution < -0.4 is 15.4 Å². The van der Waals surface area contributed by atoms with Gasteiger partial charge in [-0.15, -0.1) is 0 Å². The van der Waals surface area contributed by atoms with Crippen LogP contribution in [-0.4, -0.2) is 25.9 Å². The van der Waals surface area contributed by atoms with Gasteiger partial charge in [-0.05, 0) is 55.5 Å². The molecule has 0 unspecified atom stereocenters. The maximum Gasteiger partial charge on any atom is 0.149 e. The highest BCUT2D eigenvalue weighted by Gasteiger charge is 2.24. The van der Waals surface area contributed by atoms with Gasteiger partial charge < -0.3 is 20.8 Å². The molecule has 138 valence electrons. The lowest BCUT2D eigenvalue weighted by Gasteiger charge is -2.34. The second kappa shape index (κ2) is 7.72. The number of nitrogens with zero attached hydrogens (tertiary/aromatic N) is 1. The van der Waals surface area contributed by atoms with Crippen molar-refractivity contribution in [2.45, 2.75) is 19.8 Å². The summed E-state index contributed by atoms with van der Waals surface area (Å²) in [5.41, 5.74) is 7.59. The Morgan fingerprint density at radius 2 is 1.88 bits per heavy atom. The molecule has 1 aliphatic heterocycles. The van der Waals surface area contributed by atoms with Gasteiger partial charge in [-0.25, -0.2) is 8.78 Å². The van der Waals surface area contributed by atoms with E-state index in [2.05, 4.69) is 0 Å². The highest BCUT2D eigenvalue weighted by atomic mass is 19.1. The zero-order valence-corrected chi connectivity index (χ0v) is 14.8. The minimum Gasteiger partial charge on any atom is -0.493 e. The smallest absolute Gasteiger partial charge is 0.149 e. The highest BCUT2D eigenvalue weighted by molar-refractivity contribution is 5.88. The molecule has 3 N–H and O–H groups in total. The van der Waals surface area contributed by atoms with Crippen LogP contribution >= 0.6 is 0 Å². The Morgan fingerprint density at radius 1 is 1.23 bits per heavy atom. The summed E-state index contributed by atoms with van der Waals surface area (Å²) < 4.78 is 34.1. The second-order valence-electron chi connectivity index (χ2n) is 6.72. The molecule has 1 fully saturated rings. The summed E-state index contributed by atoms with van der Waals surface area (Å²) in [6.45, 7) is 3.34. The summed E-state index contributed by atoms with van der Waals surface area (Å²) in [6.07, 6.45) is 2.76. The van der Waals surface area contributed by atoms with E-state index in [1.807, 2.05) is 0 Å². The molecule has 1 heterocycles. The van der Waals surface area contributed by atoms with Gasteiger partial charge in [0, 0.05) is 25.0 Å². The van der Waals surface area contributed by atoms with Crippen LogP contribution in [0.15, 0.2) is 30.3 Å².